The zero-order valence-electron chi connectivity index (χ0n) is 9.77. The topological polar surface area (TPSA) is 85.1 Å². The molecule has 0 amide bonds. The van der Waals surface area contributed by atoms with Gasteiger partial charge in [-0.05, 0) is 40.2 Å². The number of halogens is 3. The van der Waals surface area contributed by atoms with E-state index in [1.165, 1.54) is 18.3 Å². The second-order valence-electron chi connectivity index (χ2n) is 3.78. The SMILES string of the molecule is Nc1cc(S(=O)(=O)Nc2ccc(Cl)nc2)c(Br)cc1F. The fraction of sp³-hybridized carbons (Fsp3) is 0. The summed E-state index contributed by atoms with van der Waals surface area (Å²) in [5.74, 6) is -0.705. The maximum Gasteiger partial charge on any atom is 0.263 e. The summed E-state index contributed by atoms with van der Waals surface area (Å²) in [4.78, 5) is 3.58. The van der Waals surface area contributed by atoms with E-state index in [0.717, 1.165) is 12.1 Å². The molecule has 0 bridgehead atoms. The van der Waals surface area contributed by atoms with Crippen molar-refractivity contribution in [1.29, 1.82) is 0 Å². The van der Waals surface area contributed by atoms with Crippen molar-refractivity contribution in [2.75, 3.05) is 10.5 Å². The van der Waals surface area contributed by atoms with Crippen LogP contribution in [0, 0.1) is 5.82 Å². The third-order valence-corrected chi connectivity index (χ3v) is 4.88. The average molecular weight is 381 g/mol. The Morgan fingerprint density at radius 2 is 2.05 bits per heavy atom. The highest BCUT2D eigenvalue weighted by atomic mass is 79.9. The molecule has 1 heterocycles. The van der Waals surface area contributed by atoms with E-state index >= 15 is 0 Å². The van der Waals surface area contributed by atoms with Crippen molar-refractivity contribution in [3.05, 3.63) is 45.9 Å². The van der Waals surface area contributed by atoms with Crippen LogP contribution in [0.5, 0.6) is 0 Å². The van der Waals surface area contributed by atoms with Crippen molar-refractivity contribution < 1.29 is 12.8 Å². The molecule has 1 aromatic heterocycles. The summed E-state index contributed by atoms with van der Waals surface area (Å²) in [7, 11) is -3.92. The van der Waals surface area contributed by atoms with Crippen LogP contribution in [0.25, 0.3) is 0 Å². The lowest BCUT2D eigenvalue weighted by molar-refractivity contribution is 0.599. The van der Waals surface area contributed by atoms with E-state index in [1.54, 1.807) is 0 Å². The number of rotatable bonds is 3. The van der Waals surface area contributed by atoms with Crippen LogP contribution in [0.2, 0.25) is 5.15 Å². The second-order valence-corrected chi connectivity index (χ2v) is 6.67. The number of nitrogen functional groups attached to an aromatic ring is 1. The summed E-state index contributed by atoms with van der Waals surface area (Å²) < 4.78 is 40.0. The van der Waals surface area contributed by atoms with Crippen LogP contribution in [0.3, 0.4) is 0 Å². The number of hydrogen-bond donors (Lipinski definition) is 2. The van der Waals surface area contributed by atoms with Gasteiger partial charge in [0.05, 0.1) is 17.6 Å². The van der Waals surface area contributed by atoms with Crippen LogP contribution >= 0.6 is 27.5 Å². The first-order valence-corrected chi connectivity index (χ1v) is 7.84. The van der Waals surface area contributed by atoms with E-state index in [0.29, 0.717) is 0 Å². The molecule has 0 spiro atoms. The molecule has 5 nitrogen and oxygen atoms in total. The predicted octanol–water partition coefficient (Wildman–Crippen LogP) is 3.02. The molecule has 0 fully saturated rings. The van der Waals surface area contributed by atoms with Gasteiger partial charge in [0.1, 0.15) is 15.9 Å². The Hall–Kier alpha value is -1.38. The van der Waals surface area contributed by atoms with Crippen molar-refractivity contribution in [3.63, 3.8) is 0 Å². The minimum Gasteiger partial charge on any atom is -0.396 e. The van der Waals surface area contributed by atoms with Gasteiger partial charge in [-0.2, -0.15) is 0 Å². The lowest BCUT2D eigenvalue weighted by Crippen LogP contribution is -2.14. The molecule has 2 aromatic rings. The van der Waals surface area contributed by atoms with Crippen molar-refractivity contribution in [3.8, 4) is 0 Å². The van der Waals surface area contributed by atoms with Crippen molar-refractivity contribution in [1.82, 2.24) is 4.98 Å². The Bertz CT molecular complexity index is 753. The molecule has 0 unspecified atom stereocenters. The molecule has 0 aliphatic heterocycles. The number of nitrogens with one attached hydrogen (secondary N) is 1. The lowest BCUT2D eigenvalue weighted by atomic mass is 10.3. The number of hydrogen-bond acceptors (Lipinski definition) is 4. The Kier molecular flexibility index (Phi) is 4.17. The molecule has 3 N–H and O–H groups in total. The van der Waals surface area contributed by atoms with E-state index in [-0.39, 0.29) is 25.9 Å². The van der Waals surface area contributed by atoms with Gasteiger partial charge >= 0.3 is 0 Å². The van der Waals surface area contributed by atoms with Gasteiger partial charge in [0.2, 0.25) is 0 Å². The molecular weight excluding hydrogens is 373 g/mol. The molecule has 0 aliphatic rings. The molecule has 0 atom stereocenters. The summed E-state index contributed by atoms with van der Waals surface area (Å²) >= 11 is 8.60. The first kappa shape index (κ1) is 15.0. The first-order chi connectivity index (χ1) is 9.29. The molecule has 2 rings (SSSR count). The van der Waals surface area contributed by atoms with Gasteiger partial charge in [-0.1, -0.05) is 11.6 Å². The highest BCUT2D eigenvalue weighted by Crippen LogP contribution is 2.28. The molecule has 0 radical (unpaired) electrons. The Morgan fingerprint density at radius 1 is 1.35 bits per heavy atom. The summed E-state index contributed by atoms with van der Waals surface area (Å²) in [5, 5.41) is 0.236. The molecule has 20 heavy (non-hydrogen) atoms. The molecule has 0 saturated carbocycles. The highest BCUT2D eigenvalue weighted by molar-refractivity contribution is 9.10. The van der Waals surface area contributed by atoms with Crippen LogP contribution in [0.4, 0.5) is 15.8 Å². The number of nitrogens with zero attached hydrogens (tertiary/aromatic N) is 1. The van der Waals surface area contributed by atoms with E-state index in [4.69, 9.17) is 17.3 Å². The maximum absolute atomic E-state index is 13.2. The molecule has 106 valence electrons. The number of nitrogens with two attached hydrogens (primary N) is 1. The van der Waals surface area contributed by atoms with E-state index in [2.05, 4.69) is 25.6 Å². The minimum absolute atomic E-state index is 0.0682. The van der Waals surface area contributed by atoms with Gasteiger partial charge in [-0.15, -0.1) is 0 Å². The third kappa shape index (κ3) is 3.20. The number of pyridine rings is 1. The van der Waals surface area contributed by atoms with Crippen LogP contribution in [0.15, 0.2) is 39.8 Å². The quantitative estimate of drug-likeness (QED) is 0.633. The van der Waals surface area contributed by atoms with E-state index in [9.17, 15) is 12.8 Å². The monoisotopic (exact) mass is 379 g/mol. The van der Waals surface area contributed by atoms with Gasteiger partial charge in [0.25, 0.3) is 10.0 Å². The fourth-order valence-electron chi connectivity index (χ4n) is 1.40. The molecular formula is C11H8BrClFN3O2S. The van der Waals surface area contributed by atoms with E-state index < -0.39 is 15.8 Å². The first-order valence-electron chi connectivity index (χ1n) is 5.18. The summed E-state index contributed by atoms with van der Waals surface area (Å²) in [5.41, 5.74) is 5.35. The predicted molar refractivity (Wildman–Crippen MR) is 78.6 cm³/mol. The molecule has 9 heteroatoms. The Morgan fingerprint density at radius 3 is 2.65 bits per heavy atom. The van der Waals surface area contributed by atoms with Gasteiger partial charge in [-0.3, -0.25) is 4.72 Å². The van der Waals surface area contributed by atoms with Gasteiger partial charge in [0.15, 0.2) is 0 Å². The fourth-order valence-corrected chi connectivity index (χ4v) is 3.60. The zero-order valence-corrected chi connectivity index (χ0v) is 12.9. The van der Waals surface area contributed by atoms with Gasteiger partial charge in [-0.25, -0.2) is 17.8 Å². The van der Waals surface area contributed by atoms with Crippen LogP contribution in [0.1, 0.15) is 0 Å². The smallest absolute Gasteiger partial charge is 0.263 e. The van der Waals surface area contributed by atoms with Crippen LogP contribution in [-0.4, -0.2) is 13.4 Å². The van der Waals surface area contributed by atoms with E-state index in [1.807, 2.05) is 0 Å². The summed E-state index contributed by atoms with van der Waals surface area (Å²) in [6.45, 7) is 0. The minimum atomic E-state index is -3.92. The maximum atomic E-state index is 13.2. The lowest BCUT2D eigenvalue weighted by Gasteiger charge is -2.10. The third-order valence-electron chi connectivity index (χ3n) is 2.32. The molecule has 0 aliphatic carbocycles. The number of sulfonamides is 1. The van der Waals surface area contributed by atoms with Crippen LogP contribution in [-0.2, 0) is 10.0 Å². The average Bonchev–Trinajstić information content (AvgIpc) is 2.36. The zero-order chi connectivity index (χ0) is 14.9. The van der Waals surface area contributed by atoms with Crippen LogP contribution < -0.4 is 10.5 Å². The largest absolute Gasteiger partial charge is 0.396 e. The van der Waals surface area contributed by atoms with Crippen molar-refractivity contribution in [2.45, 2.75) is 4.90 Å². The molecule has 1 aromatic carbocycles. The second kappa shape index (κ2) is 5.55. The number of anilines is 2. The van der Waals surface area contributed by atoms with Crippen molar-refractivity contribution in [2.24, 2.45) is 0 Å². The summed E-state index contributed by atoms with van der Waals surface area (Å²) in [6.07, 6.45) is 1.26. The standard InChI is InChI=1S/C11H8BrClFN3O2S/c12-7-3-8(14)9(15)4-10(7)20(18,19)17-6-1-2-11(13)16-5-6/h1-5,17H,15H2. The normalized spacial score (nSPS) is 11.3. The number of aromatic nitrogens is 1. The summed E-state index contributed by atoms with van der Waals surface area (Å²) in [6, 6.07) is 4.91. The Balaban J connectivity index is 2.40. The van der Waals surface area contributed by atoms with Crippen molar-refractivity contribution >= 4 is 48.9 Å². The van der Waals surface area contributed by atoms with Gasteiger partial charge in [0, 0.05) is 4.47 Å². The highest BCUT2D eigenvalue weighted by Gasteiger charge is 2.20. The molecule has 0 saturated heterocycles. The Labute approximate surface area is 128 Å². The van der Waals surface area contributed by atoms with Gasteiger partial charge < -0.3 is 5.73 Å². The number of benzene rings is 1.